The van der Waals surface area contributed by atoms with Crippen LogP contribution in [0.2, 0.25) is 10.0 Å². The van der Waals surface area contributed by atoms with Gasteiger partial charge in [-0.1, -0.05) is 29.3 Å². The number of nitrogens with zero attached hydrogens (tertiary/aromatic N) is 5. The zero-order valence-electron chi connectivity index (χ0n) is 13.6. The molecule has 0 aliphatic rings. The summed E-state index contributed by atoms with van der Waals surface area (Å²) in [7, 11) is 1.73. The number of aromatic nitrogens is 4. The van der Waals surface area contributed by atoms with E-state index in [1.165, 1.54) is 17.3 Å². The van der Waals surface area contributed by atoms with Crippen LogP contribution in [0, 0.1) is 0 Å². The molecule has 1 aromatic carbocycles. The standard InChI is InChI=1S/C17H15Cl2N5O/c1-11(14-4-3-13(18)8-15(14)19)23(2)17(25)12-5-6-21-16(7-12)24-10-20-9-22-24/h3-11H,1-2H3/t11-/m1/s1. The first-order chi connectivity index (χ1) is 12.0. The summed E-state index contributed by atoms with van der Waals surface area (Å²) >= 11 is 12.2. The van der Waals surface area contributed by atoms with Crippen molar-refractivity contribution >= 4 is 29.1 Å². The van der Waals surface area contributed by atoms with E-state index in [1.54, 1.807) is 42.4 Å². The summed E-state index contributed by atoms with van der Waals surface area (Å²) in [4.78, 5) is 22.6. The highest BCUT2D eigenvalue weighted by Gasteiger charge is 2.21. The van der Waals surface area contributed by atoms with E-state index in [0.717, 1.165) is 5.56 Å². The van der Waals surface area contributed by atoms with Crippen LogP contribution >= 0.6 is 23.2 Å². The number of rotatable bonds is 4. The quantitative estimate of drug-likeness (QED) is 0.695. The summed E-state index contributed by atoms with van der Waals surface area (Å²) in [5.41, 5.74) is 1.33. The fourth-order valence-corrected chi connectivity index (χ4v) is 3.00. The molecule has 0 spiro atoms. The minimum absolute atomic E-state index is 0.151. The van der Waals surface area contributed by atoms with Crippen LogP contribution in [0.3, 0.4) is 0 Å². The van der Waals surface area contributed by atoms with Crippen LogP contribution in [0.1, 0.15) is 28.9 Å². The van der Waals surface area contributed by atoms with E-state index >= 15 is 0 Å². The Kier molecular flexibility index (Phi) is 5.01. The van der Waals surface area contributed by atoms with Gasteiger partial charge >= 0.3 is 0 Å². The second-order valence-corrected chi connectivity index (χ2v) is 6.34. The summed E-state index contributed by atoms with van der Waals surface area (Å²) in [6, 6.07) is 8.36. The van der Waals surface area contributed by atoms with E-state index in [-0.39, 0.29) is 11.9 Å². The SMILES string of the molecule is C[C@H](c1ccc(Cl)cc1Cl)N(C)C(=O)c1ccnc(-n2cncn2)c1. The highest BCUT2D eigenvalue weighted by Crippen LogP contribution is 2.29. The first kappa shape index (κ1) is 17.4. The zero-order chi connectivity index (χ0) is 18.0. The van der Waals surface area contributed by atoms with Gasteiger partial charge in [0, 0.05) is 28.9 Å². The van der Waals surface area contributed by atoms with Crippen LogP contribution in [0.4, 0.5) is 0 Å². The Labute approximate surface area is 155 Å². The Morgan fingerprint density at radius 3 is 2.72 bits per heavy atom. The third-order valence-corrected chi connectivity index (χ3v) is 4.52. The van der Waals surface area contributed by atoms with Crippen molar-refractivity contribution in [2.75, 3.05) is 7.05 Å². The molecule has 1 amide bonds. The van der Waals surface area contributed by atoms with Crippen LogP contribution in [0.5, 0.6) is 0 Å². The average Bonchev–Trinajstić information content (AvgIpc) is 3.15. The smallest absolute Gasteiger partial charge is 0.254 e. The maximum atomic E-state index is 12.8. The number of carbonyl (C=O) groups excluding carboxylic acids is 1. The van der Waals surface area contributed by atoms with E-state index in [4.69, 9.17) is 23.2 Å². The molecule has 0 fully saturated rings. The van der Waals surface area contributed by atoms with Crippen molar-refractivity contribution in [2.24, 2.45) is 0 Å². The Bertz CT molecular complexity index is 898. The van der Waals surface area contributed by atoms with Crippen molar-refractivity contribution in [3.05, 3.63) is 70.4 Å². The first-order valence-electron chi connectivity index (χ1n) is 7.50. The molecule has 3 aromatic rings. The molecule has 25 heavy (non-hydrogen) atoms. The molecule has 0 unspecified atom stereocenters. The van der Waals surface area contributed by atoms with Gasteiger partial charge < -0.3 is 4.90 Å². The molecule has 6 nitrogen and oxygen atoms in total. The van der Waals surface area contributed by atoms with Gasteiger partial charge in [-0.05, 0) is 36.8 Å². The normalized spacial score (nSPS) is 12.0. The Hall–Kier alpha value is -2.44. The second-order valence-electron chi connectivity index (χ2n) is 5.50. The molecule has 0 radical (unpaired) electrons. The minimum atomic E-state index is -0.222. The van der Waals surface area contributed by atoms with Crippen molar-refractivity contribution in [3.63, 3.8) is 0 Å². The second kappa shape index (κ2) is 7.21. The lowest BCUT2D eigenvalue weighted by Gasteiger charge is -2.26. The monoisotopic (exact) mass is 375 g/mol. The first-order valence-corrected chi connectivity index (χ1v) is 8.26. The molecule has 1 atom stereocenters. The van der Waals surface area contributed by atoms with E-state index < -0.39 is 0 Å². The number of carbonyl (C=O) groups is 1. The van der Waals surface area contributed by atoms with Gasteiger partial charge in [0.2, 0.25) is 0 Å². The van der Waals surface area contributed by atoms with Gasteiger partial charge in [0.05, 0.1) is 6.04 Å². The highest BCUT2D eigenvalue weighted by atomic mass is 35.5. The number of hydrogen-bond donors (Lipinski definition) is 0. The molecule has 0 aliphatic heterocycles. The van der Waals surface area contributed by atoms with Crippen LogP contribution in [-0.2, 0) is 0 Å². The van der Waals surface area contributed by atoms with Gasteiger partial charge in [-0.2, -0.15) is 5.10 Å². The van der Waals surface area contributed by atoms with E-state index in [2.05, 4.69) is 15.1 Å². The predicted molar refractivity (Wildman–Crippen MR) is 96.1 cm³/mol. The van der Waals surface area contributed by atoms with Crippen LogP contribution in [0.25, 0.3) is 5.82 Å². The van der Waals surface area contributed by atoms with E-state index in [9.17, 15) is 4.79 Å². The molecule has 8 heteroatoms. The van der Waals surface area contributed by atoms with E-state index in [0.29, 0.717) is 21.4 Å². The molecule has 2 heterocycles. The largest absolute Gasteiger partial charge is 0.335 e. The molecule has 3 rings (SSSR count). The van der Waals surface area contributed by atoms with Crippen LogP contribution in [0.15, 0.2) is 49.2 Å². The number of benzene rings is 1. The average molecular weight is 376 g/mol. The molecular weight excluding hydrogens is 361 g/mol. The highest BCUT2D eigenvalue weighted by molar-refractivity contribution is 6.35. The number of halogens is 2. The number of hydrogen-bond acceptors (Lipinski definition) is 4. The molecule has 0 N–H and O–H groups in total. The summed E-state index contributed by atoms with van der Waals surface area (Å²) in [5.74, 6) is 0.371. The van der Waals surface area contributed by atoms with Gasteiger partial charge in [0.15, 0.2) is 5.82 Å². The molecule has 2 aromatic heterocycles. The van der Waals surface area contributed by atoms with Crippen molar-refractivity contribution in [2.45, 2.75) is 13.0 Å². The van der Waals surface area contributed by atoms with Crippen molar-refractivity contribution in [1.29, 1.82) is 0 Å². The third-order valence-electron chi connectivity index (χ3n) is 3.96. The molecule has 0 aliphatic carbocycles. The lowest BCUT2D eigenvalue weighted by molar-refractivity contribution is 0.0742. The Balaban J connectivity index is 1.86. The Morgan fingerprint density at radius 1 is 1.24 bits per heavy atom. The molecule has 0 bridgehead atoms. The maximum absolute atomic E-state index is 12.8. The minimum Gasteiger partial charge on any atom is -0.335 e. The molecule has 128 valence electrons. The maximum Gasteiger partial charge on any atom is 0.254 e. The summed E-state index contributed by atoms with van der Waals surface area (Å²) in [6.45, 7) is 1.91. The van der Waals surface area contributed by atoms with Crippen molar-refractivity contribution in [1.82, 2.24) is 24.6 Å². The lowest BCUT2D eigenvalue weighted by Crippen LogP contribution is -2.30. The number of amides is 1. The topological polar surface area (TPSA) is 63.9 Å². The number of pyridine rings is 1. The molecule has 0 saturated heterocycles. The van der Waals surface area contributed by atoms with Gasteiger partial charge in [0.25, 0.3) is 5.91 Å². The summed E-state index contributed by atoms with van der Waals surface area (Å²) in [5, 5.41) is 5.11. The summed E-state index contributed by atoms with van der Waals surface area (Å²) < 4.78 is 1.50. The summed E-state index contributed by atoms with van der Waals surface area (Å²) in [6.07, 6.45) is 4.50. The van der Waals surface area contributed by atoms with Crippen LogP contribution < -0.4 is 0 Å². The van der Waals surface area contributed by atoms with Gasteiger partial charge in [0.1, 0.15) is 12.7 Å². The van der Waals surface area contributed by atoms with Gasteiger partial charge in [-0.15, -0.1) is 0 Å². The lowest BCUT2D eigenvalue weighted by atomic mass is 10.1. The fraction of sp³-hybridized carbons (Fsp3) is 0.176. The predicted octanol–water partition coefficient (Wildman–Crippen LogP) is 3.80. The third kappa shape index (κ3) is 3.65. The van der Waals surface area contributed by atoms with Crippen molar-refractivity contribution < 1.29 is 4.79 Å². The molecule has 0 saturated carbocycles. The van der Waals surface area contributed by atoms with Crippen molar-refractivity contribution in [3.8, 4) is 5.82 Å². The zero-order valence-corrected chi connectivity index (χ0v) is 15.1. The molecular formula is C17H15Cl2N5O. The Morgan fingerprint density at radius 2 is 2.04 bits per heavy atom. The van der Waals surface area contributed by atoms with Gasteiger partial charge in [-0.3, -0.25) is 4.79 Å². The van der Waals surface area contributed by atoms with Gasteiger partial charge in [-0.25, -0.2) is 14.6 Å². The van der Waals surface area contributed by atoms with Crippen LogP contribution in [-0.4, -0.2) is 37.6 Å². The fourth-order valence-electron chi connectivity index (χ4n) is 2.43. The van der Waals surface area contributed by atoms with E-state index in [1.807, 2.05) is 13.0 Å².